The Kier molecular flexibility index (Phi) is 2.47. The highest BCUT2D eigenvalue weighted by molar-refractivity contribution is 6.36. The lowest BCUT2D eigenvalue weighted by Crippen LogP contribution is -2.00. The van der Waals surface area contributed by atoms with E-state index in [1.165, 1.54) is 17.9 Å². The van der Waals surface area contributed by atoms with Crippen LogP contribution in [-0.4, -0.2) is 22.9 Å². The van der Waals surface area contributed by atoms with E-state index < -0.39 is 5.97 Å². The Labute approximate surface area is 96.7 Å². The van der Waals surface area contributed by atoms with Crippen molar-refractivity contribution in [2.24, 2.45) is 7.05 Å². The molecule has 1 heterocycles. The van der Waals surface area contributed by atoms with Crippen LogP contribution in [0.4, 0.5) is 5.82 Å². The fraction of sp³-hybridized carbons (Fsp3) is 0.200. The fourth-order valence-electron chi connectivity index (χ4n) is 1.54. The summed E-state index contributed by atoms with van der Waals surface area (Å²) in [5.74, 6) is 0.0180. The third kappa shape index (κ3) is 1.49. The van der Waals surface area contributed by atoms with E-state index in [2.05, 4.69) is 9.84 Å². The van der Waals surface area contributed by atoms with Gasteiger partial charge >= 0.3 is 5.97 Å². The van der Waals surface area contributed by atoms with Crippen molar-refractivity contribution in [1.29, 1.82) is 0 Å². The standard InChI is InChI=1S/C10H10ClN3O2/c1-14-9(12)8-6(11)3-5(10(15)16-2)4-7(8)13-14/h3-4H,12H2,1-2H3. The van der Waals surface area contributed by atoms with Gasteiger partial charge in [0, 0.05) is 7.05 Å². The Morgan fingerprint density at radius 1 is 1.56 bits per heavy atom. The van der Waals surface area contributed by atoms with Gasteiger partial charge in [-0.2, -0.15) is 5.10 Å². The molecule has 0 saturated carbocycles. The van der Waals surface area contributed by atoms with Crippen molar-refractivity contribution in [3.8, 4) is 0 Å². The summed E-state index contributed by atoms with van der Waals surface area (Å²) in [7, 11) is 3.02. The molecular formula is C10H10ClN3O2. The molecule has 0 atom stereocenters. The highest BCUT2D eigenvalue weighted by Crippen LogP contribution is 2.29. The number of fused-ring (bicyclic) bond motifs is 1. The van der Waals surface area contributed by atoms with E-state index in [0.29, 0.717) is 27.3 Å². The summed E-state index contributed by atoms with van der Waals surface area (Å²) < 4.78 is 6.13. The molecule has 2 N–H and O–H groups in total. The molecule has 0 aliphatic carbocycles. The second kappa shape index (κ2) is 3.68. The van der Waals surface area contributed by atoms with Gasteiger partial charge in [0.25, 0.3) is 0 Å². The van der Waals surface area contributed by atoms with Gasteiger partial charge in [-0.05, 0) is 12.1 Å². The number of aryl methyl sites for hydroxylation is 1. The number of anilines is 1. The van der Waals surface area contributed by atoms with E-state index in [1.54, 1.807) is 13.1 Å². The lowest BCUT2D eigenvalue weighted by atomic mass is 10.1. The zero-order valence-corrected chi connectivity index (χ0v) is 9.58. The quantitative estimate of drug-likeness (QED) is 0.768. The SMILES string of the molecule is COC(=O)c1cc(Cl)c2c(N)n(C)nc2c1. The zero-order chi connectivity index (χ0) is 11.9. The highest BCUT2D eigenvalue weighted by atomic mass is 35.5. The van der Waals surface area contributed by atoms with Crippen molar-refractivity contribution in [3.05, 3.63) is 22.7 Å². The minimum absolute atomic E-state index is 0.359. The number of ether oxygens (including phenoxy) is 1. The van der Waals surface area contributed by atoms with Crippen LogP contribution in [0.1, 0.15) is 10.4 Å². The number of rotatable bonds is 1. The second-order valence-electron chi connectivity index (χ2n) is 3.35. The molecule has 0 spiro atoms. The number of carbonyl (C=O) groups excluding carboxylic acids is 1. The number of esters is 1. The first-order chi connectivity index (χ1) is 7.54. The largest absolute Gasteiger partial charge is 0.465 e. The van der Waals surface area contributed by atoms with Crippen molar-refractivity contribution in [1.82, 2.24) is 9.78 Å². The van der Waals surface area contributed by atoms with Gasteiger partial charge in [-0.15, -0.1) is 0 Å². The molecule has 0 fully saturated rings. The molecule has 1 aromatic carbocycles. The second-order valence-corrected chi connectivity index (χ2v) is 3.76. The molecule has 0 saturated heterocycles. The summed E-state index contributed by atoms with van der Waals surface area (Å²) in [4.78, 5) is 11.4. The Morgan fingerprint density at radius 3 is 2.88 bits per heavy atom. The first-order valence-electron chi connectivity index (χ1n) is 4.54. The molecule has 1 aromatic heterocycles. The van der Waals surface area contributed by atoms with Crippen molar-refractivity contribution in [2.45, 2.75) is 0 Å². The van der Waals surface area contributed by atoms with Gasteiger partial charge in [-0.3, -0.25) is 4.68 Å². The number of nitrogens with zero attached hydrogens (tertiary/aromatic N) is 2. The van der Waals surface area contributed by atoms with Crippen molar-refractivity contribution in [2.75, 3.05) is 12.8 Å². The smallest absolute Gasteiger partial charge is 0.337 e. The summed E-state index contributed by atoms with van der Waals surface area (Å²) in [5.41, 5.74) is 6.73. The topological polar surface area (TPSA) is 70.1 Å². The molecule has 0 amide bonds. The number of nitrogens with two attached hydrogens (primary N) is 1. The Bertz CT molecular complexity index is 577. The molecule has 0 unspecified atom stereocenters. The number of benzene rings is 1. The van der Waals surface area contributed by atoms with E-state index in [-0.39, 0.29) is 0 Å². The molecule has 2 aromatic rings. The molecule has 0 bridgehead atoms. The molecule has 5 nitrogen and oxygen atoms in total. The number of aromatic nitrogens is 2. The van der Waals surface area contributed by atoms with Gasteiger partial charge in [-0.1, -0.05) is 11.6 Å². The van der Waals surface area contributed by atoms with Crippen molar-refractivity contribution < 1.29 is 9.53 Å². The van der Waals surface area contributed by atoms with Crippen LogP contribution in [0.25, 0.3) is 10.9 Å². The molecule has 6 heteroatoms. The van der Waals surface area contributed by atoms with E-state index >= 15 is 0 Å². The number of hydrogen-bond donors (Lipinski definition) is 1. The Morgan fingerprint density at radius 2 is 2.25 bits per heavy atom. The third-order valence-electron chi connectivity index (χ3n) is 2.35. The summed E-state index contributed by atoms with van der Waals surface area (Å²) in [6, 6.07) is 3.12. The van der Waals surface area contributed by atoms with Crippen LogP contribution in [0.15, 0.2) is 12.1 Å². The van der Waals surface area contributed by atoms with Gasteiger partial charge in [0.05, 0.1) is 28.6 Å². The molecule has 0 aliphatic heterocycles. The number of hydrogen-bond acceptors (Lipinski definition) is 4. The number of halogens is 1. The van der Waals surface area contributed by atoms with Gasteiger partial charge in [0.1, 0.15) is 5.82 Å². The third-order valence-corrected chi connectivity index (χ3v) is 2.65. The summed E-state index contributed by atoms with van der Waals surface area (Å²) in [5, 5.41) is 5.19. The molecule has 2 rings (SSSR count). The maximum atomic E-state index is 11.4. The first-order valence-corrected chi connectivity index (χ1v) is 4.92. The van der Waals surface area contributed by atoms with Crippen LogP contribution in [0.5, 0.6) is 0 Å². The van der Waals surface area contributed by atoms with E-state index in [0.717, 1.165) is 0 Å². The molecule has 16 heavy (non-hydrogen) atoms. The molecular weight excluding hydrogens is 230 g/mol. The monoisotopic (exact) mass is 239 g/mol. The average Bonchev–Trinajstić information content (AvgIpc) is 2.54. The molecule has 0 radical (unpaired) electrons. The van der Waals surface area contributed by atoms with Crippen LogP contribution in [-0.2, 0) is 11.8 Å². The van der Waals surface area contributed by atoms with E-state index in [1.807, 2.05) is 0 Å². The van der Waals surface area contributed by atoms with Gasteiger partial charge in [-0.25, -0.2) is 4.79 Å². The van der Waals surface area contributed by atoms with E-state index in [9.17, 15) is 4.79 Å². The Hall–Kier alpha value is -1.75. The Balaban J connectivity index is 2.73. The maximum Gasteiger partial charge on any atom is 0.337 e. The molecule has 0 aliphatic rings. The van der Waals surface area contributed by atoms with Crippen LogP contribution in [0.2, 0.25) is 5.02 Å². The average molecular weight is 240 g/mol. The van der Waals surface area contributed by atoms with Gasteiger partial charge in [0.15, 0.2) is 0 Å². The van der Waals surface area contributed by atoms with Crippen LogP contribution >= 0.6 is 11.6 Å². The van der Waals surface area contributed by atoms with Gasteiger partial charge < -0.3 is 10.5 Å². The zero-order valence-electron chi connectivity index (χ0n) is 8.82. The van der Waals surface area contributed by atoms with Crippen LogP contribution in [0.3, 0.4) is 0 Å². The number of nitrogen functional groups attached to an aromatic ring is 1. The highest BCUT2D eigenvalue weighted by Gasteiger charge is 2.14. The lowest BCUT2D eigenvalue weighted by Gasteiger charge is -2.00. The van der Waals surface area contributed by atoms with E-state index in [4.69, 9.17) is 17.3 Å². The number of carbonyl (C=O) groups is 1. The minimum Gasteiger partial charge on any atom is -0.465 e. The minimum atomic E-state index is -0.451. The lowest BCUT2D eigenvalue weighted by molar-refractivity contribution is 0.0601. The van der Waals surface area contributed by atoms with Crippen molar-refractivity contribution >= 4 is 34.3 Å². The number of methoxy groups -OCH3 is 1. The normalized spacial score (nSPS) is 10.7. The van der Waals surface area contributed by atoms with Crippen LogP contribution < -0.4 is 5.73 Å². The van der Waals surface area contributed by atoms with Crippen molar-refractivity contribution in [3.63, 3.8) is 0 Å². The maximum absolute atomic E-state index is 11.4. The van der Waals surface area contributed by atoms with Crippen LogP contribution in [0, 0.1) is 0 Å². The first kappa shape index (κ1) is 10.8. The predicted molar refractivity (Wildman–Crippen MR) is 61.5 cm³/mol. The fourth-order valence-corrected chi connectivity index (χ4v) is 1.85. The summed E-state index contributed by atoms with van der Waals surface area (Å²) in [6.07, 6.45) is 0. The summed E-state index contributed by atoms with van der Waals surface area (Å²) >= 11 is 6.04. The summed E-state index contributed by atoms with van der Waals surface area (Å²) in [6.45, 7) is 0. The molecule has 84 valence electrons. The predicted octanol–water partition coefficient (Wildman–Crippen LogP) is 1.60. The van der Waals surface area contributed by atoms with Gasteiger partial charge in [0.2, 0.25) is 0 Å².